The van der Waals surface area contributed by atoms with E-state index in [-0.39, 0.29) is 24.3 Å². The number of aromatic hydroxyl groups is 1. The maximum Gasteiger partial charge on any atom is 0.259 e. The molecule has 0 heterocycles. The summed E-state index contributed by atoms with van der Waals surface area (Å²) in [5.41, 5.74) is 3.31. The third-order valence-electron chi connectivity index (χ3n) is 5.15. The summed E-state index contributed by atoms with van der Waals surface area (Å²) in [7, 11) is 3.42. The molecule has 0 bridgehead atoms. The number of carbonyl (C=O) groups excluding carboxylic acids is 1. The van der Waals surface area contributed by atoms with Crippen molar-refractivity contribution in [2.75, 3.05) is 27.2 Å². The van der Waals surface area contributed by atoms with Crippen LogP contribution in [0.25, 0.3) is 0 Å². The van der Waals surface area contributed by atoms with E-state index in [0.29, 0.717) is 12.3 Å². The van der Waals surface area contributed by atoms with Gasteiger partial charge in [0, 0.05) is 26.7 Å². The number of benzene rings is 2. The van der Waals surface area contributed by atoms with Crippen molar-refractivity contribution >= 4 is 5.91 Å². The van der Waals surface area contributed by atoms with Gasteiger partial charge < -0.3 is 25.2 Å². The minimum Gasteiger partial charge on any atom is -0.508 e. The summed E-state index contributed by atoms with van der Waals surface area (Å²) >= 11 is 0. The van der Waals surface area contributed by atoms with Crippen LogP contribution in [0.3, 0.4) is 0 Å². The second kappa shape index (κ2) is 9.08. The van der Waals surface area contributed by atoms with Crippen molar-refractivity contribution < 1.29 is 19.7 Å². The summed E-state index contributed by atoms with van der Waals surface area (Å²) in [6.45, 7) is 0.491. The highest BCUT2D eigenvalue weighted by Crippen LogP contribution is 2.26. The van der Waals surface area contributed by atoms with Gasteiger partial charge in [-0.15, -0.1) is 0 Å². The molecule has 0 aromatic heterocycles. The smallest absolute Gasteiger partial charge is 0.259 e. The van der Waals surface area contributed by atoms with E-state index in [1.165, 1.54) is 16.0 Å². The molecule has 2 atom stereocenters. The minimum atomic E-state index is -0.617. The van der Waals surface area contributed by atoms with Crippen LogP contribution < -0.4 is 10.1 Å². The lowest BCUT2D eigenvalue weighted by Crippen LogP contribution is -2.37. The van der Waals surface area contributed by atoms with Crippen LogP contribution >= 0.6 is 0 Å². The number of amides is 1. The van der Waals surface area contributed by atoms with Crippen molar-refractivity contribution in [3.05, 3.63) is 59.2 Å². The fourth-order valence-electron chi connectivity index (χ4n) is 3.36. The molecule has 3 N–H and O–H groups in total. The average Bonchev–Trinajstić information content (AvgIpc) is 2.70. The fourth-order valence-corrected chi connectivity index (χ4v) is 3.36. The molecular formula is C22H28N2O4. The van der Waals surface area contributed by atoms with E-state index in [0.717, 1.165) is 24.8 Å². The molecular weight excluding hydrogens is 356 g/mol. The normalized spacial score (nSPS) is 16.9. The number of hydrogen-bond donors (Lipinski definition) is 3. The molecule has 6 nitrogen and oxygen atoms in total. The highest BCUT2D eigenvalue weighted by atomic mass is 16.5. The molecule has 1 aliphatic carbocycles. The van der Waals surface area contributed by atoms with Gasteiger partial charge in [0.2, 0.25) is 0 Å². The van der Waals surface area contributed by atoms with Crippen LogP contribution in [-0.2, 0) is 17.6 Å². The zero-order valence-electron chi connectivity index (χ0n) is 16.4. The third kappa shape index (κ3) is 5.24. The molecule has 2 aromatic rings. The van der Waals surface area contributed by atoms with Gasteiger partial charge in [-0.1, -0.05) is 18.2 Å². The maximum atomic E-state index is 11.7. The number of rotatable bonds is 7. The summed E-state index contributed by atoms with van der Waals surface area (Å²) in [4.78, 5) is 13.2. The van der Waals surface area contributed by atoms with E-state index in [1.54, 1.807) is 38.4 Å². The number of carbonyl (C=O) groups is 1. The van der Waals surface area contributed by atoms with Gasteiger partial charge in [0.1, 0.15) is 11.5 Å². The topological polar surface area (TPSA) is 82.0 Å². The molecule has 2 aromatic carbocycles. The number of ether oxygens (including phenoxy) is 1. The first-order chi connectivity index (χ1) is 13.4. The Morgan fingerprint density at radius 2 is 1.96 bits per heavy atom. The SMILES string of the molecule is CN(C)C(=O)COc1ccc2c(c1)CC(NCC(O)c1ccc(O)cc1)CC2. The van der Waals surface area contributed by atoms with E-state index >= 15 is 0 Å². The Hall–Kier alpha value is -2.57. The Morgan fingerprint density at radius 3 is 2.68 bits per heavy atom. The Kier molecular flexibility index (Phi) is 6.54. The molecule has 0 saturated carbocycles. The van der Waals surface area contributed by atoms with E-state index in [2.05, 4.69) is 11.4 Å². The highest BCUT2D eigenvalue weighted by molar-refractivity contribution is 5.77. The van der Waals surface area contributed by atoms with Crippen molar-refractivity contribution in [1.82, 2.24) is 10.2 Å². The zero-order chi connectivity index (χ0) is 20.1. The van der Waals surface area contributed by atoms with E-state index in [1.807, 2.05) is 12.1 Å². The molecule has 0 aliphatic heterocycles. The second-order valence-electron chi connectivity index (χ2n) is 7.46. The van der Waals surface area contributed by atoms with Crippen LogP contribution in [-0.4, -0.2) is 54.3 Å². The van der Waals surface area contributed by atoms with Gasteiger partial charge in [-0.05, 0) is 60.2 Å². The van der Waals surface area contributed by atoms with Crippen molar-refractivity contribution in [3.8, 4) is 11.5 Å². The van der Waals surface area contributed by atoms with E-state index in [9.17, 15) is 15.0 Å². The standard InChI is InChI=1S/C22H28N2O4/c1-24(2)22(27)14-28-20-10-6-15-3-7-18(11-17(15)12-20)23-13-21(26)16-4-8-19(25)9-5-16/h4-6,8-10,12,18,21,23,25-26H,3,7,11,13-14H2,1-2H3. The zero-order valence-corrected chi connectivity index (χ0v) is 16.4. The van der Waals surface area contributed by atoms with Crippen molar-refractivity contribution in [3.63, 3.8) is 0 Å². The van der Waals surface area contributed by atoms with Gasteiger partial charge in [0.15, 0.2) is 6.61 Å². The summed E-state index contributed by atoms with van der Waals surface area (Å²) in [5, 5.41) is 23.1. The lowest BCUT2D eigenvalue weighted by atomic mass is 9.88. The van der Waals surface area contributed by atoms with E-state index < -0.39 is 6.10 Å². The van der Waals surface area contributed by atoms with Gasteiger partial charge in [-0.2, -0.15) is 0 Å². The molecule has 1 amide bonds. The molecule has 0 fully saturated rings. The molecule has 2 unspecified atom stereocenters. The third-order valence-corrected chi connectivity index (χ3v) is 5.15. The fraction of sp³-hybridized carbons (Fsp3) is 0.409. The second-order valence-corrected chi connectivity index (χ2v) is 7.46. The Balaban J connectivity index is 1.54. The van der Waals surface area contributed by atoms with Gasteiger partial charge >= 0.3 is 0 Å². The highest BCUT2D eigenvalue weighted by Gasteiger charge is 2.20. The van der Waals surface area contributed by atoms with Gasteiger partial charge in [-0.25, -0.2) is 0 Å². The largest absolute Gasteiger partial charge is 0.508 e. The monoisotopic (exact) mass is 384 g/mol. The summed E-state index contributed by atoms with van der Waals surface area (Å²) in [6.07, 6.45) is 2.22. The Labute approximate surface area is 165 Å². The quantitative estimate of drug-likeness (QED) is 0.681. The van der Waals surface area contributed by atoms with Crippen LogP contribution in [0.5, 0.6) is 11.5 Å². The first-order valence-electron chi connectivity index (χ1n) is 9.57. The van der Waals surface area contributed by atoms with Crippen LogP contribution in [0.1, 0.15) is 29.2 Å². The van der Waals surface area contributed by atoms with Crippen LogP contribution in [0.2, 0.25) is 0 Å². The lowest BCUT2D eigenvalue weighted by molar-refractivity contribution is -0.130. The molecule has 0 saturated heterocycles. The summed E-state index contributed by atoms with van der Waals surface area (Å²) in [5.74, 6) is 0.831. The Bertz CT molecular complexity index is 805. The number of phenols is 1. The van der Waals surface area contributed by atoms with Gasteiger partial charge in [0.25, 0.3) is 5.91 Å². The molecule has 28 heavy (non-hydrogen) atoms. The number of fused-ring (bicyclic) bond motifs is 1. The first kappa shape index (κ1) is 20.2. The number of nitrogens with zero attached hydrogens (tertiary/aromatic N) is 1. The van der Waals surface area contributed by atoms with Crippen molar-refractivity contribution in [2.24, 2.45) is 0 Å². The molecule has 6 heteroatoms. The minimum absolute atomic E-state index is 0.0340. The van der Waals surface area contributed by atoms with Crippen molar-refractivity contribution in [1.29, 1.82) is 0 Å². The lowest BCUT2D eigenvalue weighted by Gasteiger charge is -2.27. The van der Waals surface area contributed by atoms with Crippen LogP contribution in [0.15, 0.2) is 42.5 Å². The first-order valence-corrected chi connectivity index (χ1v) is 9.57. The number of hydrogen-bond acceptors (Lipinski definition) is 5. The maximum absolute atomic E-state index is 11.7. The summed E-state index contributed by atoms with van der Waals surface area (Å²) < 4.78 is 5.62. The van der Waals surface area contributed by atoms with Gasteiger partial charge in [0.05, 0.1) is 6.10 Å². The predicted molar refractivity (Wildman–Crippen MR) is 108 cm³/mol. The van der Waals surface area contributed by atoms with Crippen LogP contribution in [0, 0.1) is 0 Å². The molecule has 0 radical (unpaired) electrons. The van der Waals surface area contributed by atoms with Crippen molar-refractivity contribution in [2.45, 2.75) is 31.4 Å². The number of likely N-dealkylation sites (N-methyl/N-ethyl adjacent to an activating group) is 1. The van der Waals surface area contributed by atoms with E-state index in [4.69, 9.17) is 4.74 Å². The van der Waals surface area contributed by atoms with Gasteiger partial charge in [-0.3, -0.25) is 4.79 Å². The molecule has 0 spiro atoms. The molecule has 1 aliphatic rings. The predicted octanol–water partition coefficient (Wildman–Crippen LogP) is 2.04. The average molecular weight is 384 g/mol. The number of aliphatic hydroxyl groups excluding tert-OH is 1. The molecule has 150 valence electrons. The number of nitrogens with one attached hydrogen (secondary N) is 1. The summed E-state index contributed by atoms with van der Waals surface area (Å²) in [6, 6.07) is 12.9. The number of aryl methyl sites for hydroxylation is 1. The number of aliphatic hydroxyl groups is 1. The number of phenolic OH excluding ortho intramolecular Hbond substituents is 1. The van der Waals surface area contributed by atoms with Crippen LogP contribution in [0.4, 0.5) is 0 Å². The molecule has 3 rings (SSSR count). The Morgan fingerprint density at radius 1 is 1.21 bits per heavy atom.